The highest BCUT2D eigenvalue weighted by atomic mass is 16.3. The molecule has 21 heavy (non-hydrogen) atoms. The minimum atomic E-state index is -0.674. The molecule has 0 saturated carbocycles. The molecule has 1 rings (SSSR count). The van der Waals surface area contributed by atoms with Gasteiger partial charge in [-0.2, -0.15) is 5.26 Å². The third kappa shape index (κ3) is 5.18. The van der Waals surface area contributed by atoms with Crippen molar-refractivity contribution in [2.75, 3.05) is 33.2 Å². The van der Waals surface area contributed by atoms with Crippen molar-refractivity contribution in [2.45, 2.75) is 20.0 Å². The van der Waals surface area contributed by atoms with Crippen molar-refractivity contribution in [3.05, 3.63) is 35.4 Å². The monoisotopic (exact) mass is 289 g/mol. The summed E-state index contributed by atoms with van der Waals surface area (Å²) in [4.78, 5) is 15.6. The molecule has 0 aliphatic heterocycles. The van der Waals surface area contributed by atoms with E-state index in [1.165, 1.54) is 0 Å². The molecule has 5 heteroatoms. The van der Waals surface area contributed by atoms with Gasteiger partial charge in [0.15, 0.2) is 0 Å². The Hall–Kier alpha value is -1.90. The quantitative estimate of drug-likeness (QED) is 0.823. The van der Waals surface area contributed by atoms with Crippen molar-refractivity contribution in [1.29, 1.82) is 5.26 Å². The van der Waals surface area contributed by atoms with Crippen LogP contribution in [0.1, 0.15) is 31.1 Å². The average molecular weight is 289 g/mol. The second-order valence-electron chi connectivity index (χ2n) is 5.01. The second kappa shape index (κ2) is 8.40. The van der Waals surface area contributed by atoms with Crippen LogP contribution in [0.2, 0.25) is 0 Å². The van der Waals surface area contributed by atoms with Crippen LogP contribution in [0.4, 0.5) is 0 Å². The topological polar surface area (TPSA) is 67.6 Å². The number of rotatable bonds is 7. The molecule has 0 spiro atoms. The van der Waals surface area contributed by atoms with E-state index >= 15 is 0 Å². The van der Waals surface area contributed by atoms with Crippen molar-refractivity contribution in [3.8, 4) is 6.07 Å². The molecule has 114 valence electrons. The lowest BCUT2D eigenvalue weighted by Gasteiger charge is -2.24. The summed E-state index contributed by atoms with van der Waals surface area (Å²) in [6, 6.07) is 8.88. The number of nitrogens with zero attached hydrogens (tertiary/aromatic N) is 3. The lowest BCUT2D eigenvalue weighted by molar-refractivity contribution is -0.132. The summed E-state index contributed by atoms with van der Waals surface area (Å²) in [7, 11) is 1.81. The second-order valence-corrected chi connectivity index (χ2v) is 5.01. The minimum Gasteiger partial charge on any atom is -0.387 e. The van der Waals surface area contributed by atoms with Crippen molar-refractivity contribution >= 4 is 5.91 Å². The van der Waals surface area contributed by atoms with Crippen LogP contribution in [-0.2, 0) is 4.79 Å². The van der Waals surface area contributed by atoms with Crippen molar-refractivity contribution < 1.29 is 9.90 Å². The number of hydrogen-bond donors (Lipinski definition) is 1. The Morgan fingerprint density at radius 2 is 1.86 bits per heavy atom. The number of carbonyl (C=O) groups excluding carboxylic acids is 1. The van der Waals surface area contributed by atoms with E-state index in [2.05, 4.69) is 0 Å². The van der Waals surface area contributed by atoms with Gasteiger partial charge in [-0.25, -0.2) is 0 Å². The molecule has 1 aromatic carbocycles. The van der Waals surface area contributed by atoms with Gasteiger partial charge >= 0.3 is 0 Å². The normalized spacial score (nSPS) is 12.0. The molecule has 0 saturated heterocycles. The van der Waals surface area contributed by atoms with Gasteiger partial charge in [-0.3, -0.25) is 9.69 Å². The summed E-state index contributed by atoms with van der Waals surface area (Å²) in [5.74, 6) is 0.0644. The standard InChI is InChI=1S/C16H23N3O2/c1-4-19(5-2)16(21)12-18(3)11-15(20)14-8-6-13(10-17)7-9-14/h6-9,15,20H,4-5,11-12H2,1-3H3. The van der Waals surface area contributed by atoms with E-state index in [1.54, 1.807) is 29.2 Å². The Bertz CT molecular complexity index is 489. The molecule has 1 amide bonds. The highest BCUT2D eigenvalue weighted by Crippen LogP contribution is 2.14. The highest BCUT2D eigenvalue weighted by Gasteiger charge is 2.16. The Balaban J connectivity index is 2.55. The van der Waals surface area contributed by atoms with Crippen LogP contribution in [0.3, 0.4) is 0 Å². The first-order valence-electron chi connectivity index (χ1n) is 7.16. The number of likely N-dealkylation sites (N-methyl/N-ethyl adjacent to an activating group) is 2. The molecular formula is C16H23N3O2. The molecule has 0 heterocycles. The number of amides is 1. The average Bonchev–Trinajstić information content (AvgIpc) is 2.48. The summed E-state index contributed by atoms with van der Waals surface area (Å²) in [6.45, 7) is 5.95. The molecule has 0 aromatic heterocycles. The Morgan fingerprint density at radius 3 is 2.33 bits per heavy atom. The van der Waals surface area contributed by atoms with Gasteiger partial charge < -0.3 is 10.0 Å². The first-order valence-corrected chi connectivity index (χ1v) is 7.16. The van der Waals surface area contributed by atoms with Crippen molar-refractivity contribution in [1.82, 2.24) is 9.80 Å². The molecule has 1 N–H and O–H groups in total. The summed E-state index contributed by atoms with van der Waals surface area (Å²) < 4.78 is 0. The maximum Gasteiger partial charge on any atom is 0.236 e. The SMILES string of the molecule is CCN(CC)C(=O)CN(C)CC(O)c1ccc(C#N)cc1. The Kier molecular flexibility index (Phi) is 6.86. The van der Waals surface area contributed by atoms with Gasteiger partial charge in [0.05, 0.1) is 24.3 Å². The lowest BCUT2D eigenvalue weighted by Crippen LogP contribution is -2.40. The fourth-order valence-corrected chi connectivity index (χ4v) is 2.15. The Morgan fingerprint density at radius 1 is 1.29 bits per heavy atom. The number of nitriles is 1. The van der Waals surface area contributed by atoms with Crippen LogP contribution in [0.25, 0.3) is 0 Å². The largest absolute Gasteiger partial charge is 0.387 e. The van der Waals surface area contributed by atoms with Crippen LogP contribution >= 0.6 is 0 Å². The molecule has 0 aliphatic carbocycles. The third-order valence-electron chi connectivity index (χ3n) is 3.43. The number of carbonyl (C=O) groups is 1. The van der Waals surface area contributed by atoms with E-state index in [0.29, 0.717) is 25.2 Å². The van der Waals surface area contributed by atoms with Crippen molar-refractivity contribution in [3.63, 3.8) is 0 Å². The van der Waals surface area contributed by atoms with E-state index in [0.717, 1.165) is 5.56 Å². The van der Waals surface area contributed by atoms with E-state index in [4.69, 9.17) is 5.26 Å². The van der Waals surface area contributed by atoms with Gasteiger partial charge in [0.25, 0.3) is 0 Å². The lowest BCUT2D eigenvalue weighted by atomic mass is 10.1. The molecule has 1 atom stereocenters. The Labute approximate surface area is 126 Å². The van der Waals surface area contributed by atoms with Crippen LogP contribution < -0.4 is 0 Å². The molecule has 1 unspecified atom stereocenters. The molecule has 0 aliphatic rings. The highest BCUT2D eigenvalue weighted by molar-refractivity contribution is 5.78. The van der Waals surface area contributed by atoms with Gasteiger partial charge in [-0.1, -0.05) is 12.1 Å². The molecular weight excluding hydrogens is 266 g/mol. The van der Waals surface area contributed by atoms with Crippen LogP contribution in [-0.4, -0.2) is 54.0 Å². The summed E-state index contributed by atoms with van der Waals surface area (Å²) in [6.07, 6.45) is -0.674. The van der Waals surface area contributed by atoms with E-state index in [-0.39, 0.29) is 12.5 Å². The number of aliphatic hydroxyl groups is 1. The van der Waals surface area contributed by atoms with E-state index in [1.807, 2.05) is 31.9 Å². The molecule has 1 aromatic rings. The van der Waals surface area contributed by atoms with Gasteiger partial charge in [-0.05, 0) is 38.6 Å². The molecule has 0 fully saturated rings. The maximum absolute atomic E-state index is 12.0. The number of benzene rings is 1. The zero-order valence-electron chi connectivity index (χ0n) is 12.9. The predicted octanol–water partition coefficient (Wildman–Crippen LogP) is 1.39. The number of hydrogen-bond acceptors (Lipinski definition) is 4. The third-order valence-corrected chi connectivity index (χ3v) is 3.43. The first kappa shape index (κ1) is 17.2. The van der Waals surface area contributed by atoms with Gasteiger partial charge in [0.1, 0.15) is 0 Å². The maximum atomic E-state index is 12.0. The van der Waals surface area contributed by atoms with Crippen LogP contribution in [0.5, 0.6) is 0 Å². The molecule has 0 bridgehead atoms. The van der Waals surface area contributed by atoms with Gasteiger partial charge in [0, 0.05) is 19.6 Å². The smallest absolute Gasteiger partial charge is 0.236 e. The number of aliphatic hydroxyl groups excluding tert-OH is 1. The summed E-state index contributed by atoms with van der Waals surface area (Å²) >= 11 is 0. The van der Waals surface area contributed by atoms with Gasteiger partial charge in [0.2, 0.25) is 5.91 Å². The minimum absolute atomic E-state index is 0.0644. The summed E-state index contributed by atoms with van der Waals surface area (Å²) in [5.41, 5.74) is 1.31. The van der Waals surface area contributed by atoms with Crippen LogP contribution in [0, 0.1) is 11.3 Å². The van der Waals surface area contributed by atoms with E-state index in [9.17, 15) is 9.90 Å². The molecule has 5 nitrogen and oxygen atoms in total. The van der Waals surface area contributed by atoms with E-state index < -0.39 is 6.10 Å². The zero-order chi connectivity index (χ0) is 15.8. The van der Waals surface area contributed by atoms with Crippen molar-refractivity contribution in [2.24, 2.45) is 0 Å². The fourth-order valence-electron chi connectivity index (χ4n) is 2.15. The predicted molar refractivity (Wildman–Crippen MR) is 81.5 cm³/mol. The van der Waals surface area contributed by atoms with Crippen LogP contribution in [0.15, 0.2) is 24.3 Å². The zero-order valence-corrected chi connectivity index (χ0v) is 12.9. The summed E-state index contributed by atoms with van der Waals surface area (Å²) in [5, 5.41) is 18.9. The first-order chi connectivity index (χ1) is 10.0. The molecule has 0 radical (unpaired) electrons. The van der Waals surface area contributed by atoms with Gasteiger partial charge in [-0.15, -0.1) is 0 Å². The fraction of sp³-hybridized carbons (Fsp3) is 0.500.